The summed E-state index contributed by atoms with van der Waals surface area (Å²) in [5.74, 6) is 0. The van der Waals surface area contributed by atoms with Gasteiger partial charge in [0.2, 0.25) is 5.56 Å². The molecule has 0 aromatic carbocycles. The van der Waals surface area contributed by atoms with Gasteiger partial charge in [-0.1, -0.05) is 6.07 Å². The molecule has 2 heterocycles. The molecule has 1 amide bonds. The van der Waals surface area contributed by atoms with Gasteiger partial charge in [-0.15, -0.1) is 0 Å². The van der Waals surface area contributed by atoms with Gasteiger partial charge in [-0.2, -0.15) is 0 Å². The summed E-state index contributed by atoms with van der Waals surface area (Å²) in [4.78, 5) is 27.7. The summed E-state index contributed by atoms with van der Waals surface area (Å²) in [6.07, 6.45) is 0.257. The minimum Gasteiger partial charge on any atom is -0.444 e. The molecular formula is C13H17BN2O3. The van der Waals surface area contributed by atoms with E-state index in [0.717, 1.165) is 11.3 Å². The van der Waals surface area contributed by atoms with Crippen LogP contribution in [0.2, 0.25) is 0 Å². The van der Waals surface area contributed by atoms with E-state index in [1.54, 1.807) is 11.0 Å². The first kappa shape index (κ1) is 13.7. The number of pyridine rings is 1. The second-order valence-corrected chi connectivity index (χ2v) is 5.71. The third-order valence-electron chi connectivity index (χ3n) is 2.89. The van der Waals surface area contributed by atoms with E-state index < -0.39 is 5.60 Å². The van der Waals surface area contributed by atoms with Crippen molar-refractivity contribution in [2.24, 2.45) is 0 Å². The highest BCUT2D eigenvalue weighted by Gasteiger charge is 2.26. The van der Waals surface area contributed by atoms with E-state index in [-0.39, 0.29) is 17.1 Å². The van der Waals surface area contributed by atoms with Gasteiger partial charge in [-0.3, -0.25) is 4.79 Å². The van der Waals surface area contributed by atoms with E-state index in [1.807, 2.05) is 20.8 Å². The lowest BCUT2D eigenvalue weighted by Crippen LogP contribution is -2.42. The van der Waals surface area contributed by atoms with Gasteiger partial charge in [-0.25, -0.2) is 4.79 Å². The number of ether oxygens (including phenoxy) is 1. The number of aromatic amines is 1. The second kappa shape index (κ2) is 4.76. The average Bonchev–Trinajstić information content (AvgIpc) is 2.27. The molecule has 1 N–H and O–H groups in total. The van der Waals surface area contributed by atoms with Crippen molar-refractivity contribution in [1.82, 2.24) is 9.88 Å². The number of carbonyl (C=O) groups excluding carboxylic acids is 1. The molecule has 0 bridgehead atoms. The van der Waals surface area contributed by atoms with Crippen molar-refractivity contribution < 1.29 is 9.53 Å². The maximum absolute atomic E-state index is 12.0. The van der Waals surface area contributed by atoms with Gasteiger partial charge in [0, 0.05) is 18.7 Å². The topological polar surface area (TPSA) is 62.4 Å². The highest BCUT2D eigenvalue weighted by molar-refractivity contribution is 6.32. The van der Waals surface area contributed by atoms with Crippen LogP contribution in [0.5, 0.6) is 0 Å². The zero-order chi connectivity index (χ0) is 14.2. The zero-order valence-corrected chi connectivity index (χ0v) is 11.4. The van der Waals surface area contributed by atoms with Crippen LogP contribution >= 0.6 is 0 Å². The summed E-state index contributed by atoms with van der Waals surface area (Å²) in [5.41, 5.74) is 1.10. The molecule has 1 aromatic rings. The van der Waals surface area contributed by atoms with E-state index in [9.17, 15) is 9.59 Å². The van der Waals surface area contributed by atoms with Gasteiger partial charge in [0.05, 0.1) is 6.54 Å². The number of rotatable bonds is 0. The molecule has 5 nitrogen and oxygen atoms in total. The van der Waals surface area contributed by atoms with E-state index >= 15 is 0 Å². The maximum Gasteiger partial charge on any atom is 0.410 e. The molecule has 1 aromatic heterocycles. The summed E-state index contributed by atoms with van der Waals surface area (Å²) in [6.45, 7) is 6.43. The number of carbonyl (C=O) groups is 1. The summed E-state index contributed by atoms with van der Waals surface area (Å²) in [5, 5.41) is 0. The third-order valence-corrected chi connectivity index (χ3v) is 2.89. The standard InChI is InChI=1S/C13H17BN2O3/c1-13(2,3)19-12(18)16-5-4-10-8(7-16)6-9(14)11(17)15-10/h6H,4-5,7H2,1-3H3,(H,15,17). The highest BCUT2D eigenvalue weighted by Crippen LogP contribution is 2.18. The van der Waals surface area contributed by atoms with Crippen molar-refractivity contribution in [2.45, 2.75) is 39.3 Å². The van der Waals surface area contributed by atoms with Crippen molar-refractivity contribution in [3.63, 3.8) is 0 Å². The van der Waals surface area contributed by atoms with E-state index in [4.69, 9.17) is 12.6 Å². The maximum atomic E-state index is 12.0. The van der Waals surface area contributed by atoms with Crippen molar-refractivity contribution in [1.29, 1.82) is 0 Å². The first-order chi connectivity index (χ1) is 8.76. The quantitative estimate of drug-likeness (QED) is 0.689. The van der Waals surface area contributed by atoms with E-state index in [1.165, 1.54) is 0 Å². The molecule has 2 rings (SSSR count). The van der Waals surface area contributed by atoms with Crippen LogP contribution in [-0.4, -0.2) is 36.0 Å². The number of fused-ring (bicyclic) bond motifs is 1. The first-order valence-corrected chi connectivity index (χ1v) is 6.25. The molecule has 100 valence electrons. The smallest absolute Gasteiger partial charge is 0.410 e. The number of amides is 1. The minimum atomic E-state index is -0.513. The van der Waals surface area contributed by atoms with Gasteiger partial charge in [0.1, 0.15) is 13.4 Å². The first-order valence-electron chi connectivity index (χ1n) is 6.25. The van der Waals surface area contributed by atoms with Gasteiger partial charge in [0.25, 0.3) is 0 Å². The predicted molar refractivity (Wildman–Crippen MR) is 72.8 cm³/mol. The summed E-state index contributed by atoms with van der Waals surface area (Å²) < 4.78 is 5.33. The lowest BCUT2D eigenvalue weighted by molar-refractivity contribution is 0.0223. The Kier molecular flexibility index (Phi) is 3.43. The summed E-state index contributed by atoms with van der Waals surface area (Å²) >= 11 is 0. The lowest BCUT2D eigenvalue weighted by Gasteiger charge is -2.31. The SMILES string of the molecule is [B]c1cc2c([nH]c1=O)CCN(C(=O)OC(C)(C)C)C2. The molecule has 19 heavy (non-hydrogen) atoms. The van der Waals surface area contributed by atoms with Crippen LogP contribution in [-0.2, 0) is 17.7 Å². The Bertz CT molecular complexity index is 560. The molecule has 1 aliphatic rings. The second-order valence-electron chi connectivity index (χ2n) is 5.71. The molecule has 0 atom stereocenters. The average molecular weight is 260 g/mol. The van der Waals surface area contributed by atoms with Crippen molar-refractivity contribution in [2.75, 3.05) is 6.54 Å². The van der Waals surface area contributed by atoms with Gasteiger partial charge >= 0.3 is 6.09 Å². The fourth-order valence-corrected chi connectivity index (χ4v) is 2.01. The van der Waals surface area contributed by atoms with E-state index in [2.05, 4.69) is 4.98 Å². The number of hydrogen-bond acceptors (Lipinski definition) is 3. The van der Waals surface area contributed by atoms with Crippen LogP contribution < -0.4 is 11.0 Å². The molecule has 0 fully saturated rings. The number of aromatic nitrogens is 1. The Balaban J connectivity index is 2.16. The molecule has 0 unspecified atom stereocenters. The molecule has 6 heteroatoms. The number of H-pyrrole nitrogens is 1. The Morgan fingerprint density at radius 1 is 1.47 bits per heavy atom. The van der Waals surface area contributed by atoms with Crippen LogP contribution in [0, 0.1) is 0 Å². The van der Waals surface area contributed by atoms with Gasteiger partial charge in [0.15, 0.2) is 0 Å². The van der Waals surface area contributed by atoms with Crippen molar-refractivity contribution in [3.8, 4) is 0 Å². The fourth-order valence-electron chi connectivity index (χ4n) is 2.01. The van der Waals surface area contributed by atoms with Crippen molar-refractivity contribution >= 4 is 19.4 Å². The minimum absolute atomic E-state index is 0.171. The van der Waals surface area contributed by atoms with E-state index in [0.29, 0.717) is 19.5 Å². The summed E-state index contributed by atoms with van der Waals surface area (Å²) in [6, 6.07) is 1.63. The molecular weight excluding hydrogens is 243 g/mol. The van der Waals surface area contributed by atoms with Crippen LogP contribution in [0.4, 0.5) is 4.79 Å². The van der Waals surface area contributed by atoms with Gasteiger partial charge < -0.3 is 14.6 Å². The molecule has 0 saturated carbocycles. The zero-order valence-electron chi connectivity index (χ0n) is 11.4. The van der Waals surface area contributed by atoms with Crippen molar-refractivity contribution in [3.05, 3.63) is 27.7 Å². The fraction of sp³-hybridized carbons (Fsp3) is 0.538. The van der Waals surface area contributed by atoms with Crippen LogP contribution in [0.15, 0.2) is 10.9 Å². The van der Waals surface area contributed by atoms with Crippen LogP contribution in [0.1, 0.15) is 32.0 Å². The highest BCUT2D eigenvalue weighted by atomic mass is 16.6. The lowest BCUT2D eigenvalue weighted by atomic mass is 9.93. The molecule has 1 aliphatic heterocycles. The molecule has 0 saturated heterocycles. The van der Waals surface area contributed by atoms with Crippen LogP contribution in [0.3, 0.4) is 0 Å². The Morgan fingerprint density at radius 3 is 2.79 bits per heavy atom. The third kappa shape index (κ3) is 3.19. The summed E-state index contributed by atoms with van der Waals surface area (Å²) in [7, 11) is 5.59. The number of hydrogen-bond donors (Lipinski definition) is 1. The largest absolute Gasteiger partial charge is 0.444 e. The Morgan fingerprint density at radius 2 is 2.16 bits per heavy atom. The van der Waals surface area contributed by atoms with Crippen LogP contribution in [0.25, 0.3) is 0 Å². The number of nitrogens with zero attached hydrogens (tertiary/aromatic N) is 1. The predicted octanol–water partition coefficient (Wildman–Crippen LogP) is 0.462. The number of nitrogens with one attached hydrogen (secondary N) is 1. The Hall–Kier alpha value is -1.72. The molecule has 0 aliphatic carbocycles. The monoisotopic (exact) mass is 260 g/mol. The molecule has 0 spiro atoms. The Labute approximate surface area is 113 Å². The normalized spacial score (nSPS) is 15.0. The van der Waals surface area contributed by atoms with Gasteiger partial charge in [-0.05, 0) is 31.8 Å². The molecule has 2 radical (unpaired) electrons.